The zero-order valence-corrected chi connectivity index (χ0v) is 15.1. The molecule has 24 heavy (non-hydrogen) atoms. The van der Waals surface area contributed by atoms with Gasteiger partial charge >= 0.3 is 0 Å². The minimum absolute atomic E-state index is 0. The normalized spacial score (nSPS) is 10.2. The lowest BCUT2D eigenvalue weighted by Crippen LogP contribution is -2.08. The number of hydrogen-bond acceptors (Lipinski definition) is 4. The van der Waals surface area contributed by atoms with Crippen molar-refractivity contribution in [2.45, 2.75) is 6.92 Å². The lowest BCUT2D eigenvalue weighted by molar-refractivity contribution is 0.419. The van der Waals surface area contributed by atoms with Crippen LogP contribution in [0.1, 0.15) is 5.69 Å². The van der Waals surface area contributed by atoms with Crippen LogP contribution in [0.25, 0.3) is 10.9 Å². The smallest absolute Gasteiger partial charge is 0.145 e. The highest BCUT2D eigenvalue weighted by molar-refractivity contribution is 5.96. The van der Waals surface area contributed by atoms with E-state index in [1.54, 1.807) is 7.11 Å². The highest BCUT2D eigenvalue weighted by Crippen LogP contribution is 2.31. The van der Waals surface area contributed by atoms with Crippen molar-refractivity contribution in [2.24, 2.45) is 0 Å². The Morgan fingerprint density at radius 2 is 1.75 bits per heavy atom. The van der Waals surface area contributed by atoms with E-state index in [0.717, 1.165) is 33.7 Å². The Labute approximate surface area is 148 Å². The standard InChI is InChI=1S/C19H21N3O.ClH/c1-13-12-17(16-6-5-7-18(23-4)19(16)20-13)21-14-8-10-15(11-9-14)22(2)3;/h5-12H,1-4H3,(H,20,21);1H. The first-order valence-corrected chi connectivity index (χ1v) is 7.57. The molecule has 0 aliphatic rings. The van der Waals surface area contributed by atoms with E-state index in [9.17, 15) is 0 Å². The molecule has 0 atom stereocenters. The van der Waals surface area contributed by atoms with Gasteiger partial charge in [-0.15, -0.1) is 12.4 Å². The second-order valence-electron chi connectivity index (χ2n) is 5.73. The number of rotatable bonds is 4. The second-order valence-corrected chi connectivity index (χ2v) is 5.73. The number of halogens is 1. The van der Waals surface area contributed by atoms with E-state index in [1.807, 2.05) is 33.2 Å². The van der Waals surface area contributed by atoms with Gasteiger partial charge in [0.15, 0.2) is 0 Å². The number of ether oxygens (including phenoxy) is 1. The van der Waals surface area contributed by atoms with Crippen LogP contribution in [-0.2, 0) is 0 Å². The van der Waals surface area contributed by atoms with Crippen LogP contribution in [0.15, 0.2) is 48.5 Å². The number of nitrogens with one attached hydrogen (secondary N) is 1. The van der Waals surface area contributed by atoms with Gasteiger partial charge in [0.2, 0.25) is 0 Å². The van der Waals surface area contributed by atoms with Crippen LogP contribution >= 0.6 is 12.4 Å². The molecule has 3 rings (SSSR count). The molecule has 0 bridgehead atoms. The largest absolute Gasteiger partial charge is 0.494 e. The molecule has 1 aromatic heterocycles. The number of aromatic nitrogens is 1. The Morgan fingerprint density at radius 3 is 2.38 bits per heavy atom. The maximum Gasteiger partial charge on any atom is 0.145 e. The monoisotopic (exact) mass is 343 g/mol. The number of anilines is 3. The fourth-order valence-corrected chi connectivity index (χ4v) is 2.62. The summed E-state index contributed by atoms with van der Waals surface area (Å²) in [5.74, 6) is 0.789. The summed E-state index contributed by atoms with van der Waals surface area (Å²) in [5.41, 5.74) is 5.08. The number of nitrogens with zero attached hydrogens (tertiary/aromatic N) is 2. The summed E-state index contributed by atoms with van der Waals surface area (Å²) in [7, 11) is 5.74. The van der Waals surface area contributed by atoms with Gasteiger partial charge in [-0.05, 0) is 43.3 Å². The maximum absolute atomic E-state index is 5.43. The Hall–Kier alpha value is -2.46. The molecule has 1 N–H and O–H groups in total. The van der Waals surface area contributed by atoms with Crippen molar-refractivity contribution in [2.75, 3.05) is 31.4 Å². The lowest BCUT2D eigenvalue weighted by Gasteiger charge is -2.15. The minimum Gasteiger partial charge on any atom is -0.494 e. The van der Waals surface area contributed by atoms with Gasteiger partial charge in [0.1, 0.15) is 11.3 Å². The molecule has 0 radical (unpaired) electrons. The van der Waals surface area contributed by atoms with Crippen molar-refractivity contribution in [3.8, 4) is 5.75 Å². The Balaban J connectivity index is 0.00000208. The summed E-state index contributed by atoms with van der Waals surface area (Å²) in [5, 5.41) is 4.54. The van der Waals surface area contributed by atoms with Crippen molar-refractivity contribution >= 4 is 40.4 Å². The van der Waals surface area contributed by atoms with Gasteiger partial charge in [-0.3, -0.25) is 0 Å². The van der Waals surface area contributed by atoms with E-state index < -0.39 is 0 Å². The van der Waals surface area contributed by atoms with E-state index in [-0.39, 0.29) is 12.4 Å². The van der Waals surface area contributed by atoms with Crippen LogP contribution in [0.5, 0.6) is 5.75 Å². The maximum atomic E-state index is 5.43. The summed E-state index contributed by atoms with van der Waals surface area (Å²) in [6.45, 7) is 1.99. The van der Waals surface area contributed by atoms with Crippen LogP contribution in [0.3, 0.4) is 0 Å². The second kappa shape index (κ2) is 7.41. The quantitative estimate of drug-likeness (QED) is 0.739. The summed E-state index contributed by atoms with van der Waals surface area (Å²) in [6.07, 6.45) is 0. The molecular formula is C19H22ClN3O. The van der Waals surface area contributed by atoms with Crippen LogP contribution < -0.4 is 15.0 Å². The van der Waals surface area contributed by atoms with E-state index in [4.69, 9.17) is 4.74 Å². The third kappa shape index (κ3) is 3.54. The molecular weight excluding hydrogens is 322 g/mol. The summed E-state index contributed by atoms with van der Waals surface area (Å²) in [4.78, 5) is 6.70. The topological polar surface area (TPSA) is 37.4 Å². The third-order valence-electron chi connectivity index (χ3n) is 3.81. The highest BCUT2D eigenvalue weighted by atomic mass is 35.5. The Morgan fingerprint density at radius 1 is 1.04 bits per heavy atom. The molecule has 0 unspecified atom stereocenters. The van der Waals surface area contributed by atoms with Crippen LogP contribution in [0.2, 0.25) is 0 Å². The summed E-state index contributed by atoms with van der Waals surface area (Å²) < 4.78 is 5.43. The van der Waals surface area contributed by atoms with Gasteiger partial charge in [0.05, 0.1) is 7.11 Å². The van der Waals surface area contributed by atoms with Crippen molar-refractivity contribution < 1.29 is 4.74 Å². The van der Waals surface area contributed by atoms with Crippen LogP contribution in [0, 0.1) is 6.92 Å². The van der Waals surface area contributed by atoms with Crippen LogP contribution in [0.4, 0.5) is 17.1 Å². The van der Waals surface area contributed by atoms with Gasteiger partial charge in [0, 0.05) is 42.2 Å². The number of fused-ring (bicyclic) bond motifs is 1. The van der Waals surface area contributed by atoms with Gasteiger partial charge in [-0.1, -0.05) is 12.1 Å². The zero-order chi connectivity index (χ0) is 16.4. The van der Waals surface area contributed by atoms with E-state index >= 15 is 0 Å². The molecule has 0 fully saturated rings. The molecule has 0 saturated carbocycles. The van der Waals surface area contributed by atoms with Crippen molar-refractivity contribution in [3.63, 3.8) is 0 Å². The van der Waals surface area contributed by atoms with E-state index in [1.165, 1.54) is 5.69 Å². The number of para-hydroxylation sites is 1. The molecule has 3 aromatic rings. The molecule has 0 amide bonds. The van der Waals surface area contributed by atoms with Crippen molar-refractivity contribution in [1.29, 1.82) is 0 Å². The Kier molecular flexibility index (Phi) is 5.52. The number of hydrogen-bond donors (Lipinski definition) is 1. The van der Waals surface area contributed by atoms with Crippen molar-refractivity contribution in [3.05, 3.63) is 54.2 Å². The van der Waals surface area contributed by atoms with E-state index in [2.05, 4.69) is 51.6 Å². The minimum atomic E-state index is 0. The molecule has 0 aliphatic carbocycles. The fourth-order valence-electron chi connectivity index (χ4n) is 2.62. The molecule has 0 aliphatic heterocycles. The van der Waals surface area contributed by atoms with Crippen molar-refractivity contribution in [1.82, 2.24) is 4.98 Å². The predicted octanol–water partition coefficient (Wildman–Crippen LogP) is 4.78. The van der Waals surface area contributed by atoms with Gasteiger partial charge in [-0.25, -0.2) is 4.98 Å². The summed E-state index contributed by atoms with van der Waals surface area (Å²) >= 11 is 0. The highest BCUT2D eigenvalue weighted by Gasteiger charge is 2.09. The van der Waals surface area contributed by atoms with E-state index in [0.29, 0.717) is 0 Å². The van der Waals surface area contributed by atoms with Crippen LogP contribution in [-0.4, -0.2) is 26.2 Å². The fraction of sp³-hybridized carbons (Fsp3) is 0.211. The molecule has 5 heteroatoms. The number of aryl methyl sites for hydroxylation is 1. The average molecular weight is 344 g/mol. The number of methoxy groups -OCH3 is 1. The Bertz CT molecular complexity index is 832. The third-order valence-corrected chi connectivity index (χ3v) is 3.81. The SMILES string of the molecule is COc1cccc2c(Nc3ccc(N(C)C)cc3)cc(C)nc12.Cl. The van der Waals surface area contributed by atoms with Gasteiger partial charge in [0.25, 0.3) is 0 Å². The first-order chi connectivity index (χ1) is 11.1. The molecule has 4 nitrogen and oxygen atoms in total. The first-order valence-electron chi connectivity index (χ1n) is 7.57. The molecule has 0 saturated heterocycles. The number of benzene rings is 2. The first kappa shape index (κ1) is 17.9. The number of pyridine rings is 1. The molecule has 126 valence electrons. The molecule has 1 heterocycles. The van der Waals surface area contributed by atoms with Gasteiger partial charge in [-0.2, -0.15) is 0 Å². The summed E-state index contributed by atoms with van der Waals surface area (Å²) in [6, 6.07) is 16.4. The zero-order valence-electron chi connectivity index (χ0n) is 14.3. The molecule has 0 spiro atoms. The average Bonchev–Trinajstić information content (AvgIpc) is 2.54. The van der Waals surface area contributed by atoms with Gasteiger partial charge < -0.3 is 15.0 Å². The molecule has 2 aromatic carbocycles. The predicted molar refractivity (Wildman–Crippen MR) is 104 cm³/mol. The lowest BCUT2D eigenvalue weighted by atomic mass is 10.1.